The van der Waals surface area contributed by atoms with E-state index in [1.165, 1.54) is 44.5 Å². The minimum atomic E-state index is 1.10. The average Bonchev–Trinajstić information content (AvgIpc) is 3.23. The van der Waals surface area contributed by atoms with Gasteiger partial charge in [0.2, 0.25) is 0 Å². The van der Waals surface area contributed by atoms with Gasteiger partial charge in [0.15, 0.2) is 0 Å². The zero-order valence-electron chi connectivity index (χ0n) is 32.6. The number of benzene rings is 8. The lowest BCUT2D eigenvalue weighted by Gasteiger charge is -2.26. The van der Waals surface area contributed by atoms with Gasteiger partial charge in [0.05, 0.1) is 0 Å². The number of hydrogen-bond donors (Lipinski definition) is 1. The Balaban J connectivity index is 0.000000159. The van der Waals surface area contributed by atoms with E-state index in [9.17, 15) is 0 Å². The Kier molecular flexibility index (Phi) is 14.7. The monoisotopic (exact) mass is 934 g/mol. The van der Waals surface area contributed by atoms with Crippen LogP contribution in [0.5, 0.6) is 0 Å². The largest absolute Gasteiger partial charge is 0.356 e. The van der Waals surface area contributed by atoms with Gasteiger partial charge in [0, 0.05) is 41.9 Å². The van der Waals surface area contributed by atoms with Crippen molar-refractivity contribution >= 4 is 76.2 Å². The van der Waals surface area contributed by atoms with Gasteiger partial charge in [-0.05, 0) is 147 Å². The van der Waals surface area contributed by atoms with Crippen molar-refractivity contribution in [3.8, 4) is 22.3 Å². The molecular formula is C52H45Br3N2. The van der Waals surface area contributed by atoms with Crippen LogP contribution in [0.3, 0.4) is 0 Å². The predicted octanol–water partition coefficient (Wildman–Crippen LogP) is 17.1. The molecule has 0 unspecified atom stereocenters. The molecule has 1 N–H and O–H groups in total. The molecule has 0 radical (unpaired) electrons. The highest BCUT2D eigenvalue weighted by Crippen LogP contribution is 2.36. The number of anilines is 5. The van der Waals surface area contributed by atoms with Gasteiger partial charge in [0.25, 0.3) is 0 Å². The van der Waals surface area contributed by atoms with Crippen LogP contribution in [-0.4, -0.2) is 0 Å². The normalized spacial score (nSPS) is 10.4. The van der Waals surface area contributed by atoms with E-state index in [-0.39, 0.29) is 0 Å². The third-order valence-corrected chi connectivity index (χ3v) is 10.9. The third-order valence-electron chi connectivity index (χ3n) is 9.30. The second kappa shape index (κ2) is 20.3. The Hall–Kier alpha value is -5.20. The fourth-order valence-corrected chi connectivity index (χ4v) is 6.80. The highest BCUT2D eigenvalue weighted by atomic mass is 79.9. The van der Waals surface area contributed by atoms with Crippen LogP contribution in [0, 0.1) is 27.7 Å². The first-order valence-electron chi connectivity index (χ1n) is 18.8. The third kappa shape index (κ3) is 12.4. The maximum Gasteiger partial charge on any atom is 0.0462 e. The maximum absolute atomic E-state index is 3.50. The first kappa shape index (κ1) is 41.4. The molecule has 0 aliphatic carbocycles. The van der Waals surface area contributed by atoms with Crippen molar-refractivity contribution in [3.63, 3.8) is 0 Å². The van der Waals surface area contributed by atoms with Crippen LogP contribution < -0.4 is 10.2 Å². The second-order valence-corrected chi connectivity index (χ2v) is 16.7. The molecule has 0 aliphatic heterocycles. The number of aryl methyl sites for hydroxylation is 4. The first-order valence-corrected chi connectivity index (χ1v) is 21.2. The zero-order valence-corrected chi connectivity index (χ0v) is 37.3. The molecule has 0 atom stereocenters. The Labute approximate surface area is 363 Å². The quantitative estimate of drug-likeness (QED) is 0.171. The van der Waals surface area contributed by atoms with Gasteiger partial charge >= 0.3 is 0 Å². The van der Waals surface area contributed by atoms with Gasteiger partial charge in [0.1, 0.15) is 0 Å². The van der Waals surface area contributed by atoms with Crippen LogP contribution in [0.4, 0.5) is 28.4 Å². The summed E-state index contributed by atoms with van der Waals surface area (Å²) < 4.78 is 3.31. The fourth-order valence-electron chi connectivity index (χ4n) is 6.01. The lowest BCUT2D eigenvalue weighted by Crippen LogP contribution is -2.09. The number of hydrogen-bond acceptors (Lipinski definition) is 2. The molecule has 0 heterocycles. The molecule has 2 nitrogen and oxygen atoms in total. The molecule has 0 aliphatic rings. The minimum absolute atomic E-state index is 1.10. The molecule has 57 heavy (non-hydrogen) atoms. The van der Waals surface area contributed by atoms with E-state index in [4.69, 9.17) is 0 Å². The van der Waals surface area contributed by atoms with E-state index in [1.807, 2.05) is 0 Å². The van der Waals surface area contributed by atoms with Gasteiger partial charge in [-0.25, -0.2) is 0 Å². The molecule has 8 aromatic rings. The topological polar surface area (TPSA) is 15.3 Å². The van der Waals surface area contributed by atoms with Gasteiger partial charge in [-0.15, -0.1) is 0 Å². The van der Waals surface area contributed by atoms with Crippen LogP contribution in [0.1, 0.15) is 22.3 Å². The van der Waals surface area contributed by atoms with Crippen molar-refractivity contribution in [1.82, 2.24) is 0 Å². The molecule has 0 aromatic heterocycles. The first-order chi connectivity index (χ1) is 27.6. The summed E-state index contributed by atoms with van der Waals surface area (Å²) in [5, 5.41) is 3.36. The van der Waals surface area contributed by atoms with Gasteiger partial charge in [-0.2, -0.15) is 0 Å². The van der Waals surface area contributed by atoms with Gasteiger partial charge in [-0.1, -0.05) is 167 Å². The highest BCUT2D eigenvalue weighted by Gasteiger charge is 2.12. The zero-order chi connectivity index (χ0) is 40.1. The molecular weight excluding hydrogens is 892 g/mol. The van der Waals surface area contributed by atoms with Crippen molar-refractivity contribution in [2.75, 3.05) is 10.2 Å². The van der Waals surface area contributed by atoms with Crippen molar-refractivity contribution in [3.05, 3.63) is 230 Å². The summed E-state index contributed by atoms with van der Waals surface area (Å²) in [6.07, 6.45) is 0. The summed E-state index contributed by atoms with van der Waals surface area (Å²) >= 11 is 10.3. The molecule has 0 saturated heterocycles. The van der Waals surface area contributed by atoms with Crippen LogP contribution in [-0.2, 0) is 0 Å². The van der Waals surface area contributed by atoms with Gasteiger partial charge < -0.3 is 10.2 Å². The average molecular weight is 938 g/mol. The van der Waals surface area contributed by atoms with E-state index < -0.39 is 0 Å². The summed E-state index contributed by atoms with van der Waals surface area (Å²) in [7, 11) is 0. The van der Waals surface area contributed by atoms with Crippen LogP contribution >= 0.6 is 47.8 Å². The molecule has 284 valence electrons. The smallest absolute Gasteiger partial charge is 0.0462 e. The number of nitrogens with one attached hydrogen (secondary N) is 1. The van der Waals surface area contributed by atoms with Crippen LogP contribution in [0.25, 0.3) is 22.3 Å². The van der Waals surface area contributed by atoms with Crippen molar-refractivity contribution < 1.29 is 0 Å². The van der Waals surface area contributed by atoms with E-state index in [2.05, 4.69) is 280 Å². The van der Waals surface area contributed by atoms with Crippen LogP contribution in [0.2, 0.25) is 0 Å². The summed E-state index contributed by atoms with van der Waals surface area (Å²) in [5.74, 6) is 0. The molecule has 0 spiro atoms. The molecule has 0 saturated carbocycles. The Bertz CT molecular complexity index is 2290. The lowest BCUT2D eigenvalue weighted by molar-refractivity contribution is 1.27. The lowest BCUT2D eigenvalue weighted by atomic mass is 10.0. The molecule has 0 fully saturated rings. The summed E-state index contributed by atoms with van der Waals surface area (Å²) in [6, 6.07) is 68.0. The number of halogens is 3. The van der Waals surface area contributed by atoms with Gasteiger partial charge in [-0.3, -0.25) is 0 Å². The molecule has 8 aromatic carbocycles. The predicted molar refractivity (Wildman–Crippen MR) is 257 cm³/mol. The van der Waals surface area contributed by atoms with Crippen LogP contribution in [0.15, 0.2) is 208 Å². The highest BCUT2D eigenvalue weighted by molar-refractivity contribution is 9.11. The molecule has 5 heteroatoms. The second-order valence-electron chi connectivity index (χ2n) is 13.9. The molecule has 8 rings (SSSR count). The van der Waals surface area contributed by atoms with E-state index in [1.54, 1.807) is 0 Å². The maximum atomic E-state index is 3.50. The fraction of sp³-hybridized carbons (Fsp3) is 0.0769. The minimum Gasteiger partial charge on any atom is -0.356 e. The molecule has 0 bridgehead atoms. The number of rotatable bonds is 7. The SMILES string of the molecule is Brc1ccc(-c2ccc(Br)cc2)cc1.Cc1ccc(N(c2ccc(C)cc2)c2ccc(-c3ccc(Br)cc3)cc2)cc1.Cc1ccc(Nc2ccc(C)cc2)cc1. The van der Waals surface area contributed by atoms with E-state index in [0.29, 0.717) is 0 Å². The summed E-state index contributed by atoms with van der Waals surface area (Å²) in [4.78, 5) is 2.30. The Morgan fingerprint density at radius 1 is 0.281 bits per heavy atom. The molecule has 0 amide bonds. The number of nitrogens with zero attached hydrogens (tertiary/aromatic N) is 1. The van der Waals surface area contributed by atoms with Crippen molar-refractivity contribution in [1.29, 1.82) is 0 Å². The summed E-state index contributed by atoms with van der Waals surface area (Å²) in [5.41, 5.74) is 15.7. The van der Waals surface area contributed by atoms with Crippen molar-refractivity contribution in [2.24, 2.45) is 0 Å². The van der Waals surface area contributed by atoms with Crippen molar-refractivity contribution in [2.45, 2.75) is 27.7 Å². The Morgan fingerprint density at radius 2 is 0.491 bits per heavy atom. The Morgan fingerprint density at radius 3 is 0.754 bits per heavy atom. The van der Waals surface area contributed by atoms with E-state index >= 15 is 0 Å². The van der Waals surface area contributed by atoms with E-state index in [0.717, 1.165) is 41.9 Å². The summed E-state index contributed by atoms with van der Waals surface area (Å²) in [6.45, 7) is 8.42. The standard InChI is InChI=1S/C26H22BrN.C14H15N.C12H8Br2/c1-19-3-13-24(14-4-19)28(25-15-5-20(2)6-16-25)26-17-9-22(10-18-26)21-7-11-23(27)12-8-21;1-11-3-7-13(8-4-11)15-14-9-5-12(2)6-10-14;13-11-5-1-9(2-6-11)10-3-7-12(14)8-4-10/h3-18H,1-2H3;3-10,15H,1-2H3;1-8H.